The van der Waals surface area contributed by atoms with Crippen molar-refractivity contribution in [3.8, 4) is 0 Å². The molecule has 1 atom stereocenters. The third-order valence-corrected chi connectivity index (χ3v) is 4.63. The first-order chi connectivity index (χ1) is 9.16. The number of benzene rings is 1. The molecule has 1 aliphatic heterocycles. The fourth-order valence-corrected chi connectivity index (χ4v) is 3.40. The van der Waals surface area contributed by atoms with Crippen LogP contribution >= 0.6 is 0 Å². The highest BCUT2D eigenvalue weighted by atomic mass is 16.4. The molecule has 0 radical (unpaired) electrons. The van der Waals surface area contributed by atoms with E-state index >= 15 is 0 Å². The number of carboxylic acids is 1. The summed E-state index contributed by atoms with van der Waals surface area (Å²) >= 11 is 0. The van der Waals surface area contributed by atoms with E-state index in [-0.39, 0.29) is 12.3 Å². The Bertz CT molecular complexity index is 494. The Morgan fingerprint density at radius 2 is 2.26 bits per heavy atom. The van der Waals surface area contributed by atoms with E-state index in [9.17, 15) is 4.79 Å². The van der Waals surface area contributed by atoms with Gasteiger partial charge >= 0.3 is 5.97 Å². The number of carbonyl (C=O) groups is 1. The molecule has 0 bridgehead atoms. The van der Waals surface area contributed by atoms with Crippen molar-refractivity contribution in [2.75, 3.05) is 11.4 Å². The molecule has 1 fully saturated rings. The van der Waals surface area contributed by atoms with E-state index in [2.05, 4.69) is 23.1 Å². The molecule has 19 heavy (non-hydrogen) atoms. The third-order valence-electron chi connectivity index (χ3n) is 4.63. The van der Waals surface area contributed by atoms with Gasteiger partial charge in [-0.3, -0.25) is 4.79 Å². The van der Waals surface area contributed by atoms with Crippen LogP contribution in [0.5, 0.6) is 0 Å². The predicted octanol–water partition coefficient (Wildman–Crippen LogP) is 3.18. The van der Waals surface area contributed by atoms with E-state index in [1.165, 1.54) is 36.1 Å². The summed E-state index contributed by atoms with van der Waals surface area (Å²) in [5.74, 6) is -0.604. The summed E-state index contributed by atoms with van der Waals surface area (Å²) in [4.78, 5) is 13.4. The highest BCUT2D eigenvalue weighted by molar-refractivity contribution is 5.69. The van der Waals surface area contributed by atoms with Crippen LogP contribution < -0.4 is 4.90 Å². The number of anilines is 1. The van der Waals surface area contributed by atoms with E-state index in [0.717, 1.165) is 19.0 Å². The maximum atomic E-state index is 10.9. The van der Waals surface area contributed by atoms with Gasteiger partial charge in [0.15, 0.2) is 0 Å². The molecule has 102 valence electrons. The average Bonchev–Trinajstić information content (AvgIpc) is 2.70. The first kappa shape index (κ1) is 12.5. The molecular formula is C16H21NO2. The van der Waals surface area contributed by atoms with E-state index in [1.807, 2.05) is 6.92 Å². The minimum atomic E-state index is -0.709. The number of hydrogen-bond acceptors (Lipinski definition) is 2. The Balaban J connectivity index is 1.88. The van der Waals surface area contributed by atoms with E-state index < -0.39 is 5.97 Å². The Labute approximate surface area is 114 Å². The van der Waals surface area contributed by atoms with Crippen molar-refractivity contribution < 1.29 is 9.90 Å². The van der Waals surface area contributed by atoms with Gasteiger partial charge in [-0.2, -0.15) is 0 Å². The lowest BCUT2D eigenvalue weighted by Gasteiger charge is -2.36. The smallest absolute Gasteiger partial charge is 0.303 e. The van der Waals surface area contributed by atoms with Gasteiger partial charge in [-0.05, 0) is 48.8 Å². The molecule has 2 aliphatic rings. The van der Waals surface area contributed by atoms with Crippen molar-refractivity contribution >= 4 is 11.7 Å². The highest BCUT2D eigenvalue weighted by Gasteiger charge is 2.31. The van der Waals surface area contributed by atoms with Crippen molar-refractivity contribution in [3.63, 3.8) is 0 Å². The molecule has 1 saturated carbocycles. The molecule has 1 aromatic carbocycles. The standard InChI is InChI=1S/C16H21NO2/c1-11(10-16(18)19)13-6-3-7-15-14(13)8-9-17(15)12-4-2-5-12/h3,6-7,11-12H,2,4-5,8-10H2,1H3,(H,18,19). The van der Waals surface area contributed by atoms with Crippen LogP contribution in [0.4, 0.5) is 5.69 Å². The van der Waals surface area contributed by atoms with Gasteiger partial charge in [0.05, 0.1) is 6.42 Å². The van der Waals surface area contributed by atoms with Gasteiger partial charge in [0.1, 0.15) is 0 Å². The maximum Gasteiger partial charge on any atom is 0.303 e. The summed E-state index contributed by atoms with van der Waals surface area (Å²) in [5.41, 5.74) is 3.99. The van der Waals surface area contributed by atoms with Gasteiger partial charge in [-0.25, -0.2) is 0 Å². The topological polar surface area (TPSA) is 40.5 Å². The Hall–Kier alpha value is -1.51. The second-order valence-electron chi connectivity index (χ2n) is 5.87. The van der Waals surface area contributed by atoms with Gasteiger partial charge < -0.3 is 10.0 Å². The number of fused-ring (bicyclic) bond motifs is 1. The van der Waals surface area contributed by atoms with Crippen LogP contribution in [0.3, 0.4) is 0 Å². The number of aliphatic carboxylic acids is 1. The van der Waals surface area contributed by atoms with Crippen molar-refractivity contribution in [3.05, 3.63) is 29.3 Å². The minimum Gasteiger partial charge on any atom is -0.481 e. The molecule has 0 spiro atoms. The zero-order chi connectivity index (χ0) is 13.4. The van der Waals surface area contributed by atoms with E-state index in [4.69, 9.17) is 5.11 Å². The molecule has 1 aliphatic carbocycles. The van der Waals surface area contributed by atoms with Crippen LogP contribution in [0.2, 0.25) is 0 Å². The van der Waals surface area contributed by atoms with E-state index in [0.29, 0.717) is 0 Å². The van der Waals surface area contributed by atoms with E-state index in [1.54, 1.807) is 0 Å². The molecule has 3 nitrogen and oxygen atoms in total. The van der Waals surface area contributed by atoms with Crippen molar-refractivity contribution in [1.82, 2.24) is 0 Å². The molecule has 0 saturated heterocycles. The van der Waals surface area contributed by atoms with Crippen LogP contribution in [0.1, 0.15) is 49.7 Å². The van der Waals surface area contributed by atoms with Crippen molar-refractivity contribution in [2.24, 2.45) is 0 Å². The summed E-state index contributed by atoms with van der Waals surface area (Å²) in [6, 6.07) is 7.13. The monoisotopic (exact) mass is 259 g/mol. The lowest BCUT2D eigenvalue weighted by Crippen LogP contribution is -2.38. The normalized spacial score (nSPS) is 19.9. The molecular weight excluding hydrogens is 238 g/mol. The number of rotatable bonds is 4. The zero-order valence-electron chi connectivity index (χ0n) is 11.4. The first-order valence-corrected chi connectivity index (χ1v) is 7.27. The molecule has 1 unspecified atom stereocenters. The predicted molar refractivity (Wildman–Crippen MR) is 75.8 cm³/mol. The van der Waals surface area contributed by atoms with Gasteiger partial charge in [-0.1, -0.05) is 19.1 Å². The van der Waals surface area contributed by atoms with Crippen molar-refractivity contribution in [1.29, 1.82) is 0 Å². The van der Waals surface area contributed by atoms with Crippen molar-refractivity contribution in [2.45, 2.75) is 51.0 Å². The van der Waals surface area contributed by atoms with Crippen LogP contribution in [-0.2, 0) is 11.2 Å². The lowest BCUT2D eigenvalue weighted by molar-refractivity contribution is -0.137. The maximum absolute atomic E-state index is 10.9. The molecule has 3 heteroatoms. The Morgan fingerprint density at radius 3 is 2.89 bits per heavy atom. The van der Waals surface area contributed by atoms with Gasteiger partial charge in [-0.15, -0.1) is 0 Å². The molecule has 1 N–H and O–H groups in total. The minimum absolute atomic E-state index is 0.105. The zero-order valence-corrected chi connectivity index (χ0v) is 11.4. The molecule has 0 aromatic heterocycles. The molecule has 3 rings (SSSR count). The second-order valence-corrected chi connectivity index (χ2v) is 5.87. The number of nitrogens with zero attached hydrogens (tertiary/aromatic N) is 1. The summed E-state index contributed by atoms with van der Waals surface area (Å²) in [6.45, 7) is 3.13. The van der Waals surface area contributed by atoms with Gasteiger partial charge in [0.25, 0.3) is 0 Å². The SMILES string of the molecule is CC(CC(=O)O)c1cccc2c1CCN2C1CCC1. The van der Waals surface area contributed by atoms with Crippen LogP contribution in [-0.4, -0.2) is 23.7 Å². The molecule has 1 heterocycles. The van der Waals surface area contributed by atoms with Gasteiger partial charge in [0, 0.05) is 18.3 Å². The lowest BCUT2D eigenvalue weighted by atomic mass is 9.90. The number of hydrogen-bond donors (Lipinski definition) is 1. The second kappa shape index (κ2) is 4.87. The Kier molecular flexibility index (Phi) is 3.21. The van der Waals surface area contributed by atoms with Crippen LogP contribution in [0.15, 0.2) is 18.2 Å². The molecule has 0 amide bonds. The Morgan fingerprint density at radius 1 is 1.47 bits per heavy atom. The fraction of sp³-hybridized carbons (Fsp3) is 0.562. The summed E-state index contributed by atoms with van der Waals surface area (Å²) in [7, 11) is 0. The first-order valence-electron chi connectivity index (χ1n) is 7.27. The largest absolute Gasteiger partial charge is 0.481 e. The molecule has 1 aromatic rings. The quantitative estimate of drug-likeness (QED) is 0.902. The van der Waals surface area contributed by atoms with Crippen LogP contribution in [0, 0.1) is 0 Å². The number of carboxylic acid groups (broad SMARTS) is 1. The summed E-state index contributed by atoms with van der Waals surface area (Å²) < 4.78 is 0. The van der Waals surface area contributed by atoms with Crippen LogP contribution in [0.25, 0.3) is 0 Å². The summed E-state index contributed by atoms with van der Waals surface area (Å²) in [6.07, 6.45) is 5.28. The summed E-state index contributed by atoms with van der Waals surface area (Å²) in [5, 5.41) is 8.97. The van der Waals surface area contributed by atoms with Gasteiger partial charge in [0.2, 0.25) is 0 Å². The third kappa shape index (κ3) is 2.22. The fourth-order valence-electron chi connectivity index (χ4n) is 3.40. The average molecular weight is 259 g/mol. The highest BCUT2D eigenvalue weighted by Crippen LogP contribution is 2.39.